The number of carbonyl (C=O) groups is 1. The van der Waals surface area contributed by atoms with Crippen molar-refractivity contribution in [3.05, 3.63) is 55.1 Å². The quantitative estimate of drug-likeness (QED) is 0.884. The fraction of sp³-hybridized carbons (Fsp3) is 0.353. The number of hydrogen-bond donors (Lipinski definition) is 2. The molecule has 6 heteroatoms. The Balaban J connectivity index is 2.05. The van der Waals surface area contributed by atoms with Crippen LogP contribution in [0.2, 0.25) is 0 Å². The second-order valence-electron chi connectivity index (χ2n) is 5.47. The second-order valence-corrected chi connectivity index (χ2v) is 6.45. The van der Waals surface area contributed by atoms with Gasteiger partial charge >= 0.3 is 0 Å². The van der Waals surface area contributed by atoms with Crippen molar-refractivity contribution in [2.75, 3.05) is 0 Å². The first kappa shape index (κ1) is 17.0. The van der Waals surface area contributed by atoms with E-state index >= 15 is 0 Å². The van der Waals surface area contributed by atoms with Gasteiger partial charge in [-0.2, -0.15) is 5.26 Å². The second kappa shape index (κ2) is 7.25. The number of rotatable bonds is 5. The Labute approximate surface area is 139 Å². The molecule has 0 saturated carbocycles. The molecule has 2 N–H and O–H groups in total. The molecule has 0 aliphatic rings. The molecule has 1 amide bonds. The highest BCUT2D eigenvalue weighted by molar-refractivity contribution is 7.10. The number of thiophene rings is 1. The molecule has 2 aromatic heterocycles. The van der Waals surface area contributed by atoms with E-state index in [0.29, 0.717) is 24.1 Å². The standard InChI is InChI=1S/C17H19N3O2S/c1-10-13(11(2)20-17(22)14(10)9-18)6-7-16(21)19-12(3)15-5-4-8-23-15/h4-5,8,12H,6-7H2,1-3H3,(H,19,21)(H,20,22)/t12-/m0/s1. The van der Waals surface area contributed by atoms with Gasteiger partial charge in [0.15, 0.2) is 0 Å². The molecule has 23 heavy (non-hydrogen) atoms. The van der Waals surface area contributed by atoms with Crippen molar-refractivity contribution in [3.8, 4) is 6.07 Å². The molecule has 0 fully saturated rings. The molecule has 0 bridgehead atoms. The first-order chi connectivity index (χ1) is 10.9. The predicted octanol–water partition coefficient (Wildman–Crippen LogP) is 2.73. The third kappa shape index (κ3) is 3.88. The molecule has 120 valence electrons. The number of pyridine rings is 1. The number of aryl methyl sites for hydroxylation is 1. The molecular weight excluding hydrogens is 310 g/mol. The zero-order valence-electron chi connectivity index (χ0n) is 13.4. The van der Waals surface area contributed by atoms with Gasteiger partial charge in [0, 0.05) is 17.0 Å². The third-order valence-corrected chi connectivity index (χ3v) is 4.92. The Morgan fingerprint density at radius 3 is 2.83 bits per heavy atom. The molecular formula is C17H19N3O2S. The lowest BCUT2D eigenvalue weighted by molar-refractivity contribution is -0.121. The van der Waals surface area contributed by atoms with Gasteiger partial charge in [0.25, 0.3) is 5.56 Å². The van der Waals surface area contributed by atoms with Crippen molar-refractivity contribution in [1.82, 2.24) is 10.3 Å². The normalized spacial score (nSPS) is 11.7. The van der Waals surface area contributed by atoms with Crippen LogP contribution in [-0.2, 0) is 11.2 Å². The van der Waals surface area contributed by atoms with Crippen molar-refractivity contribution in [1.29, 1.82) is 5.26 Å². The maximum absolute atomic E-state index is 12.1. The summed E-state index contributed by atoms with van der Waals surface area (Å²) in [7, 11) is 0. The molecule has 1 atom stereocenters. The van der Waals surface area contributed by atoms with E-state index < -0.39 is 0 Å². The van der Waals surface area contributed by atoms with Crippen LogP contribution in [0.4, 0.5) is 0 Å². The van der Waals surface area contributed by atoms with E-state index in [1.165, 1.54) is 0 Å². The van der Waals surface area contributed by atoms with Crippen LogP contribution < -0.4 is 10.9 Å². The molecule has 2 rings (SSSR count). The van der Waals surface area contributed by atoms with Crippen molar-refractivity contribution in [3.63, 3.8) is 0 Å². The van der Waals surface area contributed by atoms with Crippen LogP contribution in [0.25, 0.3) is 0 Å². The van der Waals surface area contributed by atoms with Gasteiger partial charge in [-0.05, 0) is 49.8 Å². The number of aromatic nitrogens is 1. The Bertz CT molecular complexity index is 800. The molecule has 0 unspecified atom stereocenters. The summed E-state index contributed by atoms with van der Waals surface area (Å²) in [4.78, 5) is 27.6. The SMILES string of the molecule is Cc1[nH]c(=O)c(C#N)c(C)c1CCC(=O)N[C@@H](C)c1cccs1. The van der Waals surface area contributed by atoms with Gasteiger partial charge in [-0.3, -0.25) is 9.59 Å². The lowest BCUT2D eigenvalue weighted by atomic mass is 9.99. The summed E-state index contributed by atoms with van der Waals surface area (Å²) in [6.45, 7) is 5.49. The molecule has 0 saturated heterocycles. The van der Waals surface area contributed by atoms with Gasteiger partial charge in [-0.25, -0.2) is 0 Å². The minimum Gasteiger partial charge on any atom is -0.349 e. The predicted molar refractivity (Wildman–Crippen MR) is 90.4 cm³/mol. The minimum atomic E-state index is -0.373. The van der Waals surface area contributed by atoms with Crippen LogP contribution >= 0.6 is 11.3 Å². The molecule has 2 heterocycles. The summed E-state index contributed by atoms with van der Waals surface area (Å²) in [6.07, 6.45) is 0.806. The van der Waals surface area contributed by atoms with Crippen molar-refractivity contribution in [2.24, 2.45) is 0 Å². The molecule has 0 spiro atoms. The molecule has 0 aliphatic heterocycles. The maximum Gasteiger partial charge on any atom is 0.266 e. The number of nitriles is 1. The van der Waals surface area contributed by atoms with Gasteiger partial charge in [0.1, 0.15) is 11.6 Å². The summed E-state index contributed by atoms with van der Waals surface area (Å²) < 4.78 is 0. The van der Waals surface area contributed by atoms with Crippen LogP contribution in [0, 0.1) is 25.2 Å². The topological polar surface area (TPSA) is 85.8 Å². The molecule has 0 aromatic carbocycles. The monoisotopic (exact) mass is 329 g/mol. The number of aromatic amines is 1. The summed E-state index contributed by atoms with van der Waals surface area (Å²) in [5.74, 6) is -0.0468. The van der Waals surface area contributed by atoms with Crippen LogP contribution in [0.5, 0.6) is 0 Å². The number of nitrogens with one attached hydrogen (secondary N) is 2. The third-order valence-electron chi connectivity index (χ3n) is 3.87. The number of carbonyl (C=O) groups excluding carboxylic acids is 1. The summed E-state index contributed by atoms with van der Waals surface area (Å²) in [5.41, 5.74) is 1.98. The van der Waals surface area contributed by atoms with Crippen LogP contribution in [0.3, 0.4) is 0 Å². The lowest BCUT2D eigenvalue weighted by Crippen LogP contribution is -2.26. The first-order valence-corrected chi connectivity index (χ1v) is 8.27. The van der Waals surface area contributed by atoms with E-state index in [1.807, 2.05) is 30.5 Å². The molecule has 0 aliphatic carbocycles. The Kier molecular flexibility index (Phi) is 5.35. The smallest absolute Gasteiger partial charge is 0.266 e. The fourth-order valence-electron chi connectivity index (χ4n) is 2.58. The number of hydrogen-bond acceptors (Lipinski definition) is 4. The highest BCUT2D eigenvalue weighted by atomic mass is 32.1. The van der Waals surface area contributed by atoms with E-state index in [0.717, 1.165) is 10.4 Å². The van der Waals surface area contributed by atoms with Crippen LogP contribution in [0.1, 0.15) is 46.6 Å². The van der Waals surface area contributed by atoms with Gasteiger partial charge in [-0.15, -0.1) is 11.3 Å². The zero-order valence-corrected chi connectivity index (χ0v) is 14.2. The number of nitrogens with zero attached hydrogens (tertiary/aromatic N) is 1. The average Bonchev–Trinajstić information content (AvgIpc) is 3.01. The van der Waals surface area contributed by atoms with E-state index in [-0.39, 0.29) is 23.1 Å². The van der Waals surface area contributed by atoms with Crippen molar-refractivity contribution < 1.29 is 4.79 Å². The summed E-state index contributed by atoms with van der Waals surface area (Å²) >= 11 is 1.61. The number of H-pyrrole nitrogens is 1. The minimum absolute atomic E-state index is 0.0186. The zero-order chi connectivity index (χ0) is 17.0. The Hall–Kier alpha value is -2.39. The van der Waals surface area contributed by atoms with E-state index in [2.05, 4.69) is 10.3 Å². The van der Waals surface area contributed by atoms with Gasteiger partial charge in [-0.1, -0.05) is 6.07 Å². The molecule has 0 radical (unpaired) electrons. The van der Waals surface area contributed by atoms with Gasteiger partial charge in [0.2, 0.25) is 5.91 Å². The van der Waals surface area contributed by atoms with Gasteiger partial charge in [0.05, 0.1) is 6.04 Å². The Morgan fingerprint density at radius 1 is 1.48 bits per heavy atom. The maximum atomic E-state index is 12.1. The average molecular weight is 329 g/mol. The highest BCUT2D eigenvalue weighted by Gasteiger charge is 2.15. The van der Waals surface area contributed by atoms with Crippen LogP contribution in [-0.4, -0.2) is 10.9 Å². The largest absolute Gasteiger partial charge is 0.349 e. The van der Waals surface area contributed by atoms with Gasteiger partial charge < -0.3 is 10.3 Å². The first-order valence-electron chi connectivity index (χ1n) is 7.39. The van der Waals surface area contributed by atoms with E-state index in [9.17, 15) is 9.59 Å². The molecule has 5 nitrogen and oxygen atoms in total. The highest BCUT2D eigenvalue weighted by Crippen LogP contribution is 2.19. The van der Waals surface area contributed by atoms with Crippen molar-refractivity contribution in [2.45, 2.75) is 39.7 Å². The van der Waals surface area contributed by atoms with E-state index in [1.54, 1.807) is 25.2 Å². The van der Waals surface area contributed by atoms with E-state index in [4.69, 9.17) is 5.26 Å². The molecule has 2 aromatic rings. The summed E-state index contributed by atoms with van der Waals surface area (Å²) in [6, 6.07) is 5.86. The fourth-order valence-corrected chi connectivity index (χ4v) is 3.32. The van der Waals surface area contributed by atoms with Crippen LogP contribution in [0.15, 0.2) is 22.3 Å². The Morgan fingerprint density at radius 2 is 2.22 bits per heavy atom. The van der Waals surface area contributed by atoms with Crippen molar-refractivity contribution >= 4 is 17.2 Å². The lowest BCUT2D eigenvalue weighted by Gasteiger charge is -2.14. The number of amides is 1. The summed E-state index contributed by atoms with van der Waals surface area (Å²) in [5, 5.41) is 14.0.